The third-order valence-corrected chi connectivity index (χ3v) is 4.24. The van der Waals surface area contributed by atoms with E-state index in [0.717, 1.165) is 0 Å². The molecule has 11 nitrogen and oxygen atoms in total. The fourth-order valence-corrected chi connectivity index (χ4v) is 2.65. The number of aromatic nitrogens is 2. The predicted molar refractivity (Wildman–Crippen MR) is 98.6 cm³/mol. The molecule has 0 saturated carbocycles. The van der Waals surface area contributed by atoms with E-state index < -0.39 is 41.8 Å². The predicted octanol–water partition coefficient (Wildman–Crippen LogP) is -2.04. The van der Waals surface area contributed by atoms with E-state index in [2.05, 4.69) is 20.6 Å². The summed E-state index contributed by atoms with van der Waals surface area (Å²) in [5.74, 6) is -2.79. The van der Waals surface area contributed by atoms with Gasteiger partial charge in [-0.1, -0.05) is 0 Å². The van der Waals surface area contributed by atoms with Crippen LogP contribution in [0.1, 0.15) is 18.5 Å². The Morgan fingerprint density at radius 3 is 2.44 bits per heavy atom. The minimum absolute atomic E-state index is 0.00541. The Hall–Kier alpha value is -2.60. The number of primary amides is 1. The Bertz CT molecular complexity index is 653. The van der Waals surface area contributed by atoms with Crippen LogP contribution < -0.4 is 22.1 Å². The van der Waals surface area contributed by atoms with E-state index in [4.69, 9.17) is 11.5 Å². The molecule has 0 aliphatic rings. The van der Waals surface area contributed by atoms with E-state index in [1.165, 1.54) is 24.3 Å². The zero-order valence-electron chi connectivity index (χ0n) is 14.8. The topological polar surface area (TPSA) is 193 Å². The molecule has 3 atom stereocenters. The molecule has 12 heteroatoms. The molecule has 1 rings (SSSR count). The number of amides is 3. The number of carboxylic acid groups (broad SMARTS) is 1. The molecule has 3 amide bonds. The van der Waals surface area contributed by atoms with Crippen molar-refractivity contribution in [2.45, 2.75) is 37.4 Å². The van der Waals surface area contributed by atoms with Crippen LogP contribution in [0.5, 0.6) is 0 Å². The van der Waals surface area contributed by atoms with Gasteiger partial charge in [0.1, 0.15) is 12.1 Å². The van der Waals surface area contributed by atoms with Gasteiger partial charge in [0.25, 0.3) is 0 Å². The summed E-state index contributed by atoms with van der Waals surface area (Å²) in [4.78, 5) is 53.5. The lowest BCUT2D eigenvalue weighted by atomic mass is 10.1. The monoisotopic (exact) mass is 400 g/mol. The molecule has 27 heavy (non-hydrogen) atoms. The summed E-state index contributed by atoms with van der Waals surface area (Å²) in [5, 5.41) is 14.2. The number of nitrogens with one attached hydrogen (secondary N) is 3. The molecule has 0 aliphatic carbocycles. The van der Waals surface area contributed by atoms with E-state index in [1.807, 2.05) is 6.26 Å². The third-order valence-electron chi connectivity index (χ3n) is 3.59. The molecule has 0 saturated heterocycles. The maximum atomic E-state index is 12.5. The molecule has 1 aromatic rings. The van der Waals surface area contributed by atoms with Crippen LogP contribution in [0.25, 0.3) is 0 Å². The maximum absolute atomic E-state index is 12.5. The second kappa shape index (κ2) is 11.2. The largest absolute Gasteiger partial charge is 0.480 e. The highest BCUT2D eigenvalue weighted by molar-refractivity contribution is 7.98. The first kappa shape index (κ1) is 22.4. The molecule has 150 valence electrons. The lowest BCUT2D eigenvalue weighted by Crippen LogP contribution is -2.55. The second-order valence-electron chi connectivity index (χ2n) is 5.80. The number of hydrogen-bond acceptors (Lipinski definition) is 7. The van der Waals surface area contributed by atoms with Gasteiger partial charge in [0, 0.05) is 18.3 Å². The van der Waals surface area contributed by atoms with Gasteiger partial charge in [-0.3, -0.25) is 14.4 Å². The number of carbonyl (C=O) groups excluding carboxylic acids is 3. The van der Waals surface area contributed by atoms with E-state index in [0.29, 0.717) is 11.4 Å². The van der Waals surface area contributed by atoms with Crippen LogP contribution in [-0.4, -0.2) is 68.9 Å². The number of aromatic amines is 1. The quantitative estimate of drug-likeness (QED) is 0.231. The highest BCUT2D eigenvalue weighted by Gasteiger charge is 2.28. The van der Waals surface area contributed by atoms with Gasteiger partial charge in [-0.2, -0.15) is 11.8 Å². The van der Waals surface area contributed by atoms with Gasteiger partial charge in [-0.05, 0) is 18.4 Å². The Morgan fingerprint density at radius 1 is 1.26 bits per heavy atom. The zero-order valence-corrected chi connectivity index (χ0v) is 15.6. The number of imidazole rings is 1. The van der Waals surface area contributed by atoms with Gasteiger partial charge in [-0.15, -0.1) is 0 Å². The summed E-state index contributed by atoms with van der Waals surface area (Å²) in [5.41, 5.74) is 11.1. The van der Waals surface area contributed by atoms with Crippen LogP contribution in [0.4, 0.5) is 0 Å². The molecule has 8 N–H and O–H groups in total. The molecule has 0 aliphatic heterocycles. The lowest BCUT2D eigenvalue weighted by Gasteiger charge is -2.22. The van der Waals surface area contributed by atoms with Crippen LogP contribution in [0.2, 0.25) is 0 Å². The van der Waals surface area contributed by atoms with Crippen molar-refractivity contribution in [3.05, 3.63) is 18.2 Å². The zero-order chi connectivity index (χ0) is 20.4. The minimum atomic E-state index is -1.22. The molecule has 0 aromatic carbocycles. The molecular formula is C15H24N6O5S. The van der Waals surface area contributed by atoms with Gasteiger partial charge >= 0.3 is 5.97 Å². The fourth-order valence-electron chi connectivity index (χ4n) is 2.18. The first-order valence-electron chi connectivity index (χ1n) is 8.08. The number of carboxylic acids is 1. The van der Waals surface area contributed by atoms with Crippen LogP contribution in [-0.2, 0) is 25.6 Å². The number of aliphatic carboxylic acids is 1. The van der Waals surface area contributed by atoms with Gasteiger partial charge in [0.05, 0.1) is 18.8 Å². The van der Waals surface area contributed by atoms with Crippen molar-refractivity contribution in [1.29, 1.82) is 0 Å². The van der Waals surface area contributed by atoms with Crippen molar-refractivity contribution in [1.82, 2.24) is 20.6 Å². The maximum Gasteiger partial charge on any atom is 0.326 e. The normalized spacial score (nSPS) is 14.0. The average molecular weight is 400 g/mol. The lowest BCUT2D eigenvalue weighted by molar-refractivity contribution is -0.142. The van der Waals surface area contributed by atoms with E-state index in [9.17, 15) is 24.3 Å². The third kappa shape index (κ3) is 8.09. The second-order valence-corrected chi connectivity index (χ2v) is 6.79. The molecule has 1 aromatic heterocycles. The van der Waals surface area contributed by atoms with Crippen LogP contribution in [0, 0.1) is 0 Å². The van der Waals surface area contributed by atoms with Crippen molar-refractivity contribution in [3.8, 4) is 0 Å². The minimum Gasteiger partial charge on any atom is -0.480 e. The van der Waals surface area contributed by atoms with Gasteiger partial charge in [0.15, 0.2) is 0 Å². The van der Waals surface area contributed by atoms with Crippen molar-refractivity contribution in [3.63, 3.8) is 0 Å². The highest BCUT2D eigenvalue weighted by Crippen LogP contribution is 2.05. The number of carbonyl (C=O) groups is 4. The van der Waals surface area contributed by atoms with Crippen molar-refractivity contribution < 1.29 is 24.3 Å². The number of hydrogen-bond donors (Lipinski definition) is 6. The molecule has 1 heterocycles. The van der Waals surface area contributed by atoms with E-state index >= 15 is 0 Å². The molecule has 0 bridgehead atoms. The first-order valence-corrected chi connectivity index (χ1v) is 9.47. The van der Waals surface area contributed by atoms with Crippen molar-refractivity contribution in [2.24, 2.45) is 11.5 Å². The summed E-state index contributed by atoms with van der Waals surface area (Å²) in [6.45, 7) is 0. The Morgan fingerprint density at radius 2 is 1.93 bits per heavy atom. The highest BCUT2D eigenvalue weighted by atomic mass is 32.2. The summed E-state index contributed by atoms with van der Waals surface area (Å²) < 4.78 is 0. The average Bonchev–Trinajstić information content (AvgIpc) is 3.09. The SMILES string of the molecule is CSCCC(NC(=O)C(N)CC(N)=O)C(=O)NC(Cc1cnc[nH]1)C(=O)O. The smallest absolute Gasteiger partial charge is 0.326 e. The van der Waals surface area contributed by atoms with Gasteiger partial charge in [0.2, 0.25) is 17.7 Å². The van der Waals surface area contributed by atoms with Crippen LogP contribution in [0.3, 0.4) is 0 Å². The number of nitrogens with two attached hydrogens (primary N) is 2. The van der Waals surface area contributed by atoms with Gasteiger partial charge < -0.3 is 32.2 Å². The number of thioether (sulfide) groups is 1. The molecule has 0 radical (unpaired) electrons. The fraction of sp³-hybridized carbons (Fsp3) is 0.533. The number of H-pyrrole nitrogens is 1. The molecule has 0 fully saturated rings. The summed E-state index contributed by atoms with van der Waals surface area (Å²) in [6.07, 6.45) is 4.59. The summed E-state index contributed by atoms with van der Waals surface area (Å²) in [7, 11) is 0. The van der Waals surface area contributed by atoms with Gasteiger partial charge in [-0.25, -0.2) is 9.78 Å². The molecule has 3 unspecified atom stereocenters. The Labute approximate surface area is 160 Å². The van der Waals surface area contributed by atoms with E-state index in [-0.39, 0.29) is 19.3 Å². The number of rotatable bonds is 12. The van der Waals surface area contributed by atoms with Crippen molar-refractivity contribution in [2.75, 3.05) is 12.0 Å². The Balaban J connectivity index is 2.77. The standard InChI is InChI=1S/C15H24N6O5S/c1-27-3-2-10(20-13(23)9(16)5-12(17)22)14(24)21-11(15(25)26)4-8-6-18-7-19-8/h6-7,9-11H,2-5,16H2,1H3,(H2,17,22)(H,18,19)(H,20,23)(H,21,24)(H,25,26). The van der Waals surface area contributed by atoms with Crippen molar-refractivity contribution >= 4 is 35.5 Å². The summed E-state index contributed by atoms with van der Waals surface area (Å²) in [6, 6.07) is -3.38. The Kier molecular flexibility index (Phi) is 9.30. The molecular weight excluding hydrogens is 376 g/mol. The molecule has 0 spiro atoms. The summed E-state index contributed by atoms with van der Waals surface area (Å²) >= 11 is 1.46. The number of nitrogens with zero attached hydrogens (tertiary/aromatic N) is 1. The van der Waals surface area contributed by atoms with Crippen LogP contribution >= 0.6 is 11.8 Å². The van der Waals surface area contributed by atoms with E-state index in [1.54, 1.807) is 0 Å². The van der Waals surface area contributed by atoms with Crippen LogP contribution in [0.15, 0.2) is 12.5 Å². The first-order chi connectivity index (χ1) is 12.7.